The highest BCUT2D eigenvalue weighted by atomic mass is 35.5. The quantitative estimate of drug-likeness (QED) is 0.720. The second-order valence-electron chi connectivity index (χ2n) is 4.49. The Morgan fingerprint density at radius 1 is 1.32 bits per heavy atom. The summed E-state index contributed by atoms with van der Waals surface area (Å²) in [7, 11) is 0. The number of amides is 1. The second kappa shape index (κ2) is 8.67. The Balaban J connectivity index is 1.70. The molecule has 0 bridgehead atoms. The molecular weight excluding hydrogens is 324 g/mol. The van der Waals surface area contributed by atoms with Gasteiger partial charge in [0, 0.05) is 24.4 Å². The molecular formula is C14H17ClN4O2S. The number of aromatic nitrogens is 2. The lowest BCUT2D eigenvalue weighted by Gasteiger charge is -2.04. The van der Waals surface area contributed by atoms with Crippen molar-refractivity contribution in [3.8, 4) is 5.75 Å². The molecule has 0 spiro atoms. The summed E-state index contributed by atoms with van der Waals surface area (Å²) in [5, 5.41) is 12.7. The Kier molecular flexibility index (Phi) is 6.57. The third-order valence-corrected chi connectivity index (χ3v) is 3.85. The number of nitrogens with zero attached hydrogens (tertiary/aromatic N) is 2. The SMILES string of the molecule is NCCC(=O)Nc1nnc(CCCOc2ccc(Cl)cc2)s1. The highest BCUT2D eigenvalue weighted by molar-refractivity contribution is 7.15. The van der Waals surface area contributed by atoms with Crippen molar-refractivity contribution in [3.05, 3.63) is 34.3 Å². The predicted molar refractivity (Wildman–Crippen MR) is 87.5 cm³/mol. The van der Waals surface area contributed by atoms with Gasteiger partial charge in [0.2, 0.25) is 11.0 Å². The third kappa shape index (κ3) is 5.59. The molecule has 2 aromatic rings. The lowest BCUT2D eigenvalue weighted by atomic mass is 10.3. The Bertz CT molecular complexity index is 603. The molecule has 1 aromatic carbocycles. The molecule has 6 nitrogen and oxygen atoms in total. The molecule has 0 fully saturated rings. The van der Waals surface area contributed by atoms with Gasteiger partial charge in [-0.15, -0.1) is 10.2 Å². The van der Waals surface area contributed by atoms with E-state index < -0.39 is 0 Å². The molecule has 3 N–H and O–H groups in total. The number of rotatable bonds is 8. The maximum absolute atomic E-state index is 11.4. The van der Waals surface area contributed by atoms with Crippen molar-refractivity contribution in [1.29, 1.82) is 0 Å². The van der Waals surface area contributed by atoms with E-state index >= 15 is 0 Å². The van der Waals surface area contributed by atoms with Crippen LogP contribution in [0.1, 0.15) is 17.8 Å². The standard InChI is InChI=1S/C14H17ClN4O2S/c15-10-3-5-11(6-4-10)21-9-1-2-13-18-19-14(22-13)17-12(20)7-8-16/h3-6H,1-2,7-9,16H2,(H,17,19,20). The number of aryl methyl sites for hydroxylation is 1. The average molecular weight is 341 g/mol. The van der Waals surface area contributed by atoms with Gasteiger partial charge in [-0.1, -0.05) is 22.9 Å². The molecule has 8 heteroatoms. The summed E-state index contributed by atoms with van der Waals surface area (Å²) in [6, 6.07) is 7.24. The van der Waals surface area contributed by atoms with Gasteiger partial charge in [-0.3, -0.25) is 4.79 Å². The summed E-state index contributed by atoms with van der Waals surface area (Å²) in [6.45, 7) is 0.898. The van der Waals surface area contributed by atoms with Crippen molar-refractivity contribution < 1.29 is 9.53 Å². The lowest BCUT2D eigenvalue weighted by Crippen LogP contribution is -2.15. The van der Waals surface area contributed by atoms with Crippen LogP contribution >= 0.6 is 22.9 Å². The van der Waals surface area contributed by atoms with Gasteiger partial charge >= 0.3 is 0 Å². The number of hydrogen-bond acceptors (Lipinski definition) is 6. The molecule has 2 rings (SSSR count). The van der Waals surface area contributed by atoms with Crippen LogP contribution in [0, 0.1) is 0 Å². The van der Waals surface area contributed by atoms with E-state index in [2.05, 4.69) is 15.5 Å². The predicted octanol–water partition coefficient (Wildman–Crippen LogP) is 2.49. The first kappa shape index (κ1) is 16.7. The number of carbonyl (C=O) groups is 1. The Morgan fingerprint density at radius 2 is 2.09 bits per heavy atom. The van der Waals surface area contributed by atoms with Gasteiger partial charge in [-0.2, -0.15) is 0 Å². The first-order chi connectivity index (χ1) is 10.7. The molecule has 0 aliphatic heterocycles. The molecule has 22 heavy (non-hydrogen) atoms. The van der Waals surface area contributed by atoms with Gasteiger partial charge in [0.1, 0.15) is 10.8 Å². The molecule has 0 saturated heterocycles. The zero-order chi connectivity index (χ0) is 15.8. The average Bonchev–Trinajstić information content (AvgIpc) is 2.93. The number of ether oxygens (including phenoxy) is 1. The summed E-state index contributed by atoms with van der Waals surface area (Å²) in [6.07, 6.45) is 1.84. The molecule has 1 amide bonds. The molecule has 0 aliphatic rings. The number of benzene rings is 1. The van der Waals surface area contributed by atoms with E-state index in [-0.39, 0.29) is 12.3 Å². The minimum Gasteiger partial charge on any atom is -0.494 e. The molecule has 1 heterocycles. The van der Waals surface area contributed by atoms with E-state index in [9.17, 15) is 4.79 Å². The number of nitrogens with one attached hydrogen (secondary N) is 1. The fourth-order valence-electron chi connectivity index (χ4n) is 1.66. The first-order valence-corrected chi connectivity index (χ1v) is 8.07. The number of anilines is 1. The highest BCUT2D eigenvalue weighted by Gasteiger charge is 2.07. The molecule has 0 aliphatic carbocycles. The maximum atomic E-state index is 11.4. The van der Waals surface area contributed by atoms with E-state index in [1.54, 1.807) is 12.1 Å². The summed E-state index contributed by atoms with van der Waals surface area (Å²) in [5.41, 5.74) is 5.31. The van der Waals surface area contributed by atoms with Gasteiger partial charge in [0.05, 0.1) is 6.61 Å². The summed E-state index contributed by atoms with van der Waals surface area (Å²) < 4.78 is 5.60. The zero-order valence-corrected chi connectivity index (χ0v) is 13.5. The summed E-state index contributed by atoms with van der Waals surface area (Å²) >= 11 is 7.17. The van der Waals surface area contributed by atoms with Crippen LogP contribution in [0.15, 0.2) is 24.3 Å². The third-order valence-electron chi connectivity index (χ3n) is 2.70. The topological polar surface area (TPSA) is 90.1 Å². The molecule has 118 valence electrons. The fraction of sp³-hybridized carbons (Fsp3) is 0.357. The van der Waals surface area contributed by atoms with Gasteiger partial charge < -0.3 is 15.8 Å². The number of nitrogens with two attached hydrogens (primary N) is 1. The largest absolute Gasteiger partial charge is 0.494 e. The van der Waals surface area contributed by atoms with Crippen LogP contribution in [0.25, 0.3) is 0 Å². The van der Waals surface area contributed by atoms with Crippen molar-refractivity contribution in [2.75, 3.05) is 18.5 Å². The summed E-state index contributed by atoms with van der Waals surface area (Å²) in [4.78, 5) is 11.4. The fourth-order valence-corrected chi connectivity index (χ4v) is 2.59. The molecule has 0 atom stereocenters. The second-order valence-corrected chi connectivity index (χ2v) is 5.99. The Labute approximate surface area is 137 Å². The maximum Gasteiger partial charge on any atom is 0.227 e. The van der Waals surface area contributed by atoms with E-state index in [1.165, 1.54) is 11.3 Å². The van der Waals surface area contributed by atoms with Crippen LogP contribution in [-0.2, 0) is 11.2 Å². The van der Waals surface area contributed by atoms with E-state index in [4.69, 9.17) is 22.1 Å². The van der Waals surface area contributed by atoms with Crippen LogP contribution in [0.5, 0.6) is 5.75 Å². The van der Waals surface area contributed by atoms with E-state index in [0.29, 0.717) is 23.3 Å². The van der Waals surface area contributed by atoms with Crippen LogP contribution in [0.3, 0.4) is 0 Å². The van der Waals surface area contributed by atoms with Gasteiger partial charge in [0.15, 0.2) is 0 Å². The molecule has 0 radical (unpaired) electrons. The van der Waals surface area contributed by atoms with Crippen molar-refractivity contribution >= 4 is 34.0 Å². The van der Waals surface area contributed by atoms with E-state index in [0.717, 1.165) is 23.6 Å². The van der Waals surface area contributed by atoms with Crippen LogP contribution in [-0.4, -0.2) is 29.3 Å². The van der Waals surface area contributed by atoms with Crippen molar-refractivity contribution in [1.82, 2.24) is 10.2 Å². The Hall–Kier alpha value is -1.70. The first-order valence-electron chi connectivity index (χ1n) is 6.88. The summed E-state index contributed by atoms with van der Waals surface area (Å²) in [5.74, 6) is 0.646. The normalized spacial score (nSPS) is 10.5. The molecule has 0 unspecified atom stereocenters. The highest BCUT2D eigenvalue weighted by Crippen LogP contribution is 2.18. The smallest absolute Gasteiger partial charge is 0.227 e. The number of halogens is 1. The van der Waals surface area contributed by atoms with Crippen LogP contribution < -0.4 is 15.8 Å². The van der Waals surface area contributed by atoms with Crippen LogP contribution in [0.2, 0.25) is 5.02 Å². The van der Waals surface area contributed by atoms with Crippen molar-refractivity contribution in [2.45, 2.75) is 19.3 Å². The minimum atomic E-state index is -0.142. The lowest BCUT2D eigenvalue weighted by molar-refractivity contribution is -0.116. The zero-order valence-electron chi connectivity index (χ0n) is 11.9. The number of hydrogen-bond donors (Lipinski definition) is 2. The van der Waals surface area contributed by atoms with Gasteiger partial charge in [-0.25, -0.2) is 0 Å². The van der Waals surface area contributed by atoms with Crippen LogP contribution in [0.4, 0.5) is 5.13 Å². The van der Waals surface area contributed by atoms with Gasteiger partial charge in [0.25, 0.3) is 0 Å². The monoisotopic (exact) mass is 340 g/mol. The molecule has 0 saturated carbocycles. The Morgan fingerprint density at radius 3 is 2.82 bits per heavy atom. The molecule has 1 aromatic heterocycles. The number of carbonyl (C=O) groups excluding carboxylic acids is 1. The minimum absolute atomic E-state index is 0.142. The van der Waals surface area contributed by atoms with Crippen molar-refractivity contribution in [3.63, 3.8) is 0 Å². The van der Waals surface area contributed by atoms with E-state index in [1.807, 2.05) is 12.1 Å². The van der Waals surface area contributed by atoms with Gasteiger partial charge in [-0.05, 0) is 30.7 Å². The van der Waals surface area contributed by atoms with Crippen molar-refractivity contribution in [2.24, 2.45) is 5.73 Å².